The van der Waals surface area contributed by atoms with Crippen LogP contribution in [0.2, 0.25) is 5.02 Å². The molecule has 7 nitrogen and oxygen atoms in total. The molecule has 162 valence electrons. The molecule has 3 aromatic rings. The van der Waals surface area contributed by atoms with Gasteiger partial charge in [-0.1, -0.05) is 60.1 Å². The van der Waals surface area contributed by atoms with Gasteiger partial charge in [-0.05, 0) is 34.4 Å². The molecule has 0 spiro atoms. The molecule has 1 aliphatic carbocycles. The van der Waals surface area contributed by atoms with Crippen LogP contribution in [0.3, 0.4) is 0 Å². The highest BCUT2D eigenvalue weighted by Crippen LogP contribution is 2.44. The number of hydrogen-bond acceptors (Lipinski definition) is 4. The van der Waals surface area contributed by atoms with Crippen LogP contribution in [0.25, 0.3) is 11.1 Å². The van der Waals surface area contributed by atoms with Crippen LogP contribution in [0.5, 0.6) is 0 Å². The van der Waals surface area contributed by atoms with Crippen molar-refractivity contribution in [2.45, 2.75) is 12.8 Å². The van der Waals surface area contributed by atoms with Gasteiger partial charge in [0.1, 0.15) is 6.61 Å². The smallest absolute Gasteiger partial charge is 0.411 e. The molecule has 2 amide bonds. The summed E-state index contributed by atoms with van der Waals surface area (Å²) in [4.78, 5) is 35.3. The number of carboxylic acids is 1. The summed E-state index contributed by atoms with van der Waals surface area (Å²) in [5.41, 5.74) is 4.27. The fourth-order valence-electron chi connectivity index (χ4n) is 3.88. The van der Waals surface area contributed by atoms with Gasteiger partial charge in [-0.2, -0.15) is 0 Å². The maximum atomic E-state index is 12.5. The van der Waals surface area contributed by atoms with Gasteiger partial charge in [0, 0.05) is 12.8 Å². The first-order chi connectivity index (χ1) is 15.3. The molecule has 0 radical (unpaired) electrons. The van der Waals surface area contributed by atoms with Gasteiger partial charge >= 0.3 is 12.1 Å². The van der Waals surface area contributed by atoms with Crippen molar-refractivity contribution in [2.75, 3.05) is 17.2 Å². The number of ether oxygens (including phenoxy) is 1. The monoisotopic (exact) mass is 450 g/mol. The first kappa shape index (κ1) is 21.4. The highest BCUT2D eigenvalue weighted by Gasteiger charge is 2.29. The van der Waals surface area contributed by atoms with Gasteiger partial charge in [-0.3, -0.25) is 10.1 Å². The first-order valence-electron chi connectivity index (χ1n) is 9.81. The molecule has 0 aromatic heterocycles. The Labute approximate surface area is 189 Å². The highest BCUT2D eigenvalue weighted by molar-refractivity contribution is 6.34. The zero-order valence-electron chi connectivity index (χ0n) is 17.0. The molecule has 0 bridgehead atoms. The number of aromatic carboxylic acids is 1. The Morgan fingerprint density at radius 2 is 1.53 bits per heavy atom. The van der Waals surface area contributed by atoms with Gasteiger partial charge in [0.15, 0.2) is 0 Å². The predicted molar refractivity (Wildman–Crippen MR) is 121 cm³/mol. The SMILES string of the molecule is CC(=O)Nc1cc(Cl)c(NC(=O)OCC2c3ccccc3-c3ccccc32)cc1C(=O)O. The Morgan fingerprint density at radius 3 is 2.09 bits per heavy atom. The standard InChI is InChI=1S/C24H19ClN2O5/c1-13(28)26-21-11-20(25)22(10-18(21)23(29)30)27-24(31)32-12-19-16-8-4-2-6-14(16)15-7-3-5-9-17(15)19/h2-11,19H,12H2,1H3,(H,26,28)(H,27,31)(H,29,30). The quantitative estimate of drug-likeness (QED) is 0.485. The fourth-order valence-corrected chi connectivity index (χ4v) is 4.09. The largest absolute Gasteiger partial charge is 0.478 e. The number of carboxylic acid groups (broad SMARTS) is 1. The number of rotatable bonds is 5. The Morgan fingerprint density at radius 1 is 0.938 bits per heavy atom. The van der Waals surface area contributed by atoms with Crippen molar-refractivity contribution in [1.29, 1.82) is 0 Å². The summed E-state index contributed by atoms with van der Waals surface area (Å²) in [7, 11) is 0. The molecule has 0 aliphatic heterocycles. The van der Waals surface area contributed by atoms with E-state index in [0.717, 1.165) is 22.3 Å². The summed E-state index contributed by atoms with van der Waals surface area (Å²) in [6.07, 6.45) is -0.766. The van der Waals surface area contributed by atoms with E-state index in [4.69, 9.17) is 16.3 Å². The zero-order valence-corrected chi connectivity index (χ0v) is 17.8. The molecule has 1 aliphatic rings. The van der Waals surface area contributed by atoms with Crippen LogP contribution < -0.4 is 10.6 Å². The average molecular weight is 451 g/mol. The lowest BCUT2D eigenvalue weighted by molar-refractivity contribution is -0.114. The van der Waals surface area contributed by atoms with Crippen LogP contribution in [0, 0.1) is 0 Å². The van der Waals surface area contributed by atoms with E-state index in [2.05, 4.69) is 10.6 Å². The van der Waals surface area contributed by atoms with Crippen molar-refractivity contribution >= 4 is 40.9 Å². The van der Waals surface area contributed by atoms with Gasteiger partial charge < -0.3 is 15.2 Å². The van der Waals surface area contributed by atoms with E-state index in [1.807, 2.05) is 48.5 Å². The Balaban J connectivity index is 1.51. The lowest BCUT2D eigenvalue weighted by atomic mass is 9.98. The minimum Gasteiger partial charge on any atom is -0.478 e. The number of fused-ring (bicyclic) bond motifs is 3. The second-order valence-electron chi connectivity index (χ2n) is 7.31. The second-order valence-corrected chi connectivity index (χ2v) is 7.72. The molecule has 32 heavy (non-hydrogen) atoms. The summed E-state index contributed by atoms with van der Waals surface area (Å²) in [6.45, 7) is 1.36. The Kier molecular flexibility index (Phi) is 5.83. The molecular formula is C24H19ClN2O5. The summed E-state index contributed by atoms with van der Waals surface area (Å²) in [5.74, 6) is -1.83. The van der Waals surface area contributed by atoms with Gasteiger partial charge in [0.25, 0.3) is 0 Å². The highest BCUT2D eigenvalue weighted by atomic mass is 35.5. The molecule has 4 rings (SSSR count). The Bertz CT molecular complexity index is 1200. The lowest BCUT2D eigenvalue weighted by Crippen LogP contribution is -2.19. The summed E-state index contributed by atoms with van der Waals surface area (Å²) in [5, 5.41) is 14.4. The number of hydrogen-bond donors (Lipinski definition) is 3. The van der Waals surface area contributed by atoms with Crippen LogP contribution in [0.4, 0.5) is 16.2 Å². The molecule has 8 heteroatoms. The number of nitrogens with one attached hydrogen (secondary N) is 2. The molecule has 3 N–H and O–H groups in total. The average Bonchev–Trinajstić information content (AvgIpc) is 3.07. The second kappa shape index (κ2) is 8.72. The van der Waals surface area contributed by atoms with Crippen LogP contribution in [-0.4, -0.2) is 29.7 Å². The number of amides is 2. The van der Waals surface area contributed by atoms with Crippen LogP contribution >= 0.6 is 11.6 Å². The number of carbonyl (C=O) groups is 3. The van der Waals surface area contributed by atoms with Crippen molar-refractivity contribution in [1.82, 2.24) is 0 Å². The van der Waals surface area contributed by atoms with Crippen molar-refractivity contribution in [3.8, 4) is 11.1 Å². The number of anilines is 2. The molecule has 0 heterocycles. The van der Waals surface area contributed by atoms with Gasteiger partial charge in [0.2, 0.25) is 5.91 Å². The van der Waals surface area contributed by atoms with E-state index >= 15 is 0 Å². The molecule has 0 saturated carbocycles. The van der Waals surface area contributed by atoms with Crippen molar-refractivity contribution in [2.24, 2.45) is 0 Å². The van der Waals surface area contributed by atoms with E-state index in [-0.39, 0.29) is 34.5 Å². The van der Waals surface area contributed by atoms with Gasteiger partial charge in [-0.15, -0.1) is 0 Å². The molecule has 0 unspecified atom stereocenters. The van der Waals surface area contributed by atoms with Crippen LogP contribution in [-0.2, 0) is 9.53 Å². The van der Waals surface area contributed by atoms with E-state index in [9.17, 15) is 19.5 Å². The minimum atomic E-state index is -1.28. The number of halogens is 1. The lowest BCUT2D eigenvalue weighted by Gasteiger charge is -2.16. The summed E-state index contributed by atoms with van der Waals surface area (Å²) in [6, 6.07) is 18.4. The number of carbonyl (C=O) groups excluding carboxylic acids is 2. The van der Waals surface area contributed by atoms with Crippen molar-refractivity contribution in [3.63, 3.8) is 0 Å². The molecule has 0 atom stereocenters. The van der Waals surface area contributed by atoms with E-state index < -0.39 is 18.0 Å². The van der Waals surface area contributed by atoms with E-state index in [1.54, 1.807) is 0 Å². The van der Waals surface area contributed by atoms with Crippen LogP contribution in [0.1, 0.15) is 34.3 Å². The molecule has 3 aromatic carbocycles. The van der Waals surface area contributed by atoms with Gasteiger partial charge in [0.05, 0.1) is 22.0 Å². The molecular weight excluding hydrogens is 432 g/mol. The first-order valence-corrected chi connectivity index (χ1v) is 10.2. The maximum absolute atomic E-state index is 12.5. The Hall–Kier alpha value is -3.84. The third kappa shape index (κ3) is 4.15. The topological polar surface area (TPSA) is 105 Å². The fraction of sp³-hybridized carbons (Fsp3) is 0.125. The molecule has 0 saturated heterocycles. The van der Waals surface area contributed by atoms with E-state index in [0.29, 0.717) is 0 Å². The predicted octanol–water partition coefficient (Wildman–Crippen LogP) is 5.36. The summed E-state index contributed by atoms with van der Waals surface area (Å²) >= 11 is 6.18. The van der Waals surface area contributed by atoms with E-state index in [1.165, 1.54) is 19.1 Å². The van der Waals surface area contributed by atoms with Crippen LogP contribution in [0.15, 0.2) is 60.7 Å². The maximum Gasteiger partial charge on any atom is 0.411 e. The normalized spacial score (nSPS) is 11.9. The van der Waals surface area contributed by atoms with Crippen molar-refractivity contribution < 1.29 is 24.2 Å². The third-order valence-corrected chi connectivity index (χ3v) is 5.54. The number of benzene rings is 3. The third-order valence-electron chi connectivity index (χ3n) is 5.23. The minimum absolute atomic E-state index is 0.0353. The van der Waals surface area contributed by atoms with Crippen molar-refractivity contribution in [3.05, 3.63) is 82.4 Å². The van der Waals surface area contributed by atoms with Gasteiger partial charge in [-0.25, -0.2) is 9.59 Å². The molecule has 0 fully saturated rings. The zero-order chi connectivity index (χ0) is 22.8. The summed E-state index contributed by atoms with van der Waals surface area (Å²) < 4.78 is 5.47.